The first-order valence-corrected chi connectivity index (χ1v) is 4.43. The number of β-amino-alcohol motifs (C(OH)–C–C–N with tert-alkyl or cyclic N) is 1. The summed E-state index contributed by atoms with van der Waals surface area (Å²) in [6.45, 7) is 5.77. The summed E-state index contributed by atoms with van der Waals surface area (Å²) in [6.07, 6.45) is 0.487. The zero-order valence-electron chi connectivity index (χ0n) is 8.55. The van der Waals surface area contributed by atoms with Crippen LogP contribution in [-0.4, -0.2) is 53.0 Å². The minimum absolute atomic E-state index is 0.00181. The molecule has 1 rings (SSSR count). The van der Waals surface area contributed by atoms with E-state index >= 15 is 0 Å². The predicted molar refractivity (Wildman–Crippen MR) is 52.4 cm³/mol. The van der Waals surface area contributed by atoms with Crippen molar-refractivity contribution in [1.82, 2.24) is 4.90 Å². The fourth-order valence-corrected chi connectivity index (χ4v) is 0.972. The molecule has 1 aliphatic rings. The van der Waals surface area contributed by atoms with Gasteiger partial charge in [0.25, 0.3) is 0 Å². The van der Waals surface area contributed by atoms with Crippen LogP contribution in [0.2, 0.25) is 0 Å². The third kappa shape index (κ3) is 5.69. The molecular weight excluding hydrogens is 202 g/mol. The molecule has 1 amide bonds. The summed E-state index contributed by atoms with van der Waals surface area (Å²) in [5.74, 6) is -0.981. The highest BCUT2D eigenvalue weighted by molar-refractivity contribution is 5.78. The van der Waals surface area contributed by atoms with E-state index in [-0.39, 0.29) is 18.8 Å². The van der Waals surface area contributed by atoms with Crippen molar-refractivity contribution in [2.24, 2.45) is 0 Å². The van der Waals surface area contributed by atoms with Crippen molar-refractivity contribution in [3.8, 4) is 0 Å². The second-order valence-electron chi connectivity index (χ2n) is 2.91. The van der Waals surface area contributed by atoms with Gasteiger partial charge in [-0.15, -0.1) is 0 Å². The molecule has 0 spiro atoms. The molecule has 1 unspecified atom stereocenters. The molecule has 1 fully saturated rings. The first-order chi connectivity index (χ1) is 7.01. The maximum absolute atomic E-state index is 10.8. The minimum atomic E-state index is -0.981. The fraction of sp³-hybridized carbons (Fsp3) is 0.556. The van der Waals surface area contributed by atoms with Crippen LogP contribution in [0.4, 0.5) is 4.79 Å². The first-order valence-electron chi connectivity index (χ1n) is 4.43. The van der Waals surface area contributed by atoms with Crippen molar-refractivity contribution in [1.29, 1.82) is 0 Å². The predicted octanol–water partition coefficient (Wildman–Crippen LogP) is 0.0764. The topological polar surface area (TPSA) is 87.1 Å². The number of hydrogen-bond acceptors (Lipinski definition) is 4. The van der Waals surface area contributed by atoms with Gasteiger partial charge in [0.15, 0.2) is 0 Å². The van der Waals surface area contributed by atoms with E-state index in [1.807, 2.05) is 6.92 Å². The van der Waals surface area contributed by atoms with E-state index in [0.29, 0.717) is 13.1 Å². The van der Waals surface area contributed by atoms with Gasteiger partial charge in [0, 0.05) is 12.6 Å². The molecule has 15 heavy (non-hydrogen) atoms. The van der Waals surface area contributed by atoms with E-state index in [1.165, 1.54) is 4.90 Å². The molecule has 6 heteroatoms. The number of ether oxygens (including phenoxy) is 1. The summed E-state index contributed by atoms with van der Waals surface area (Å²) in [7, 11) is 0. The lowest BCUT2D eigenvalue weighted by Gasteiger charge is -2.08. The summed E-state index contributed by atoms with van der Waals surface area (Å²) in [4.78, 5) is 21.5. The van der Waals surface area contributed by atoms with Gasteiger partial charge in [-0.25, -0.2) is 9.59 Å². The second-order valence-corrected chi connectivity index (χ2v) is 2.91. The molecule has 2 N–H and O–H groups in total. The van der Waals surface area contributed by atoms with Crippen molar-refractivity contribution >= 4 is 12.1 Å². The second kappa shape index (κ2) is 6.83. The summed E-state index contributed by atoms with van der Waals surface area (Å²) in [6, 6.07) is 0. The fourth-order valence-electron chi connectivity index (χ4n) is 0.972. The number of aliphatic hydroxyl groups is 1. The van der Waals surface area contributed by atoms with Crippen molar-refractivity contribution in [2.45, 2.75) is 13.0 Å². The zero-order chi connectivity index (χ0) is 11.8. The van der Waals surface area contributed by atoms with Crippen LogP contribution in [0.15, 0.2) is 12.7 Å². The lowest BCUT2D eigenvalue weighted by Crippen LogP contribution is -2.27. The Morgan fingerprint density at radius 1 is 1.80 bits per heavy atom. The number of aliphatic carboxylic acids is 1. The van der Waals surface area contributed by atoms with Gasteiger partial charge in [0.2, 0.25) is 0 Å². The normalized spacial score (nSPS) is 18.9. The van der Waals surface area contributed by atoms with Gasteiger partial charge in [-0.2, -0.15) is 0 Å². The van der Waals surface area contributed by atoms with Crippen molar-refractivity contribution in [3.63, 3.8) is 0 Å². The smallest absolute Gasteiger partial charge is 0.410 e. The quantitative estimate of drug-likeness (QED) is 0.653. The average Bonchev–Trinajstić information content (AvgIpc) is 2.47. The maximum atomic E-state index is 10.8. The average molecular weight is 217 g/mol. The molecule has 0 saturated carbocycles. The number of nitrogens with zero attached hydrogens (tertiary/aromatic N) is 1. The Hall–Kier alpha value is -1.56. The Balaban J connectivity index is 0.000000336. The minimum Gasteiger partial charge on any atom is -0.478 e. The summed E-state index contributed by atoms with van der Waals surface area (Å²) >= 11 is 0. The highest BCUT2D eigenvalue weighted by Gasteiger charge is 2.26. The highest BCUT2D eigenvalue weighted by atomic mass is 16.6. The third-order valence-corrected chi connectivity index (χ3v) is 1.58. The van der Waals surface area contributed by atoms with Crippen LogP contribution in [0.1, 0.15) is 6.92 Å². The molecule has 0 aromatic rings. The largest absolute Gasteiger partial charge is 0.478 e. The number of carboxylic acid groups (broad SMARTS) is 1. The maximum Gasteiger partial charge on any atom is 0.410 e. The standard InChI is InChI=1S/C6H11NO3.C3H4O2/c1-5-4-7(2-3-8)6(9)10-5;1-2-3(4)5/h5,8H,2-4H2,1H3;2H,1H2,(H,4,5). The van der Waals surface area contributed by atoms with E-state index in [1.54, 1.807) is 0 Å². The molecule has 1 heterocycles. The lowest BCUT2D eigenvalue weighted by atomic mass is 10.4. The molecule has 0 radical (unpaired) electrons. The van der Waals surface area contributed by atoms with Gasteiger partial charge in [-0.1, -0.05) is 6.58 Å². The summed E-state index contributed by atoms with van der Waals surface area (Å²) < 4.78 is 4.80. The van der Waals surface area contributed by atoms with Gasteiger partial charge >= 0.3 is 12.1 Å². The van der Waals surface area contributed by atoms with E-state index in [9.17, 15) is 9.59 Å². The van der Waals surface area contributed by atoms with E-state index in [2.05, 4.69) is 6.58 Å². The van der Waals surface area contributed by atoms with E-state index in [0.717, 1.165) is 6.08 Å². The van der Waals surface area contributed by atoms with Crippen LogP contribution in [-0.2, 0) is 9.53 Å². The number of cyclic esters (lactones) is 1. The zero-order valence-corrected chi connectivity index (χ0v) is 8.55. The number of carboxylic acids is 1. The molecular formula is C9H15NO5. The molecule has 0 bridgehead atoms. The van der Waals surface area contributed by atoms with Gasteiger partial charge in [0.05, 0.1) is 13.2 Å². The summed E-state index contributed by atoms with van der Waals surface area (Å²) in [5.41, 5.74) is 0. The van der Waals surface area contributed by atoms with Gasteiger partial charge < -0.3 is 19.8 Å². The lowest BCUT2D eigenvalue weighted by molar-refractivity contribution is -0.131. The Labute approximate surface area is 87.8 Å². The molecule has 1 atom stereocenters. The van der Waals surface area contributed by atoms with Crippen LogP contribution in [0.25, 0.3) is 0 Å². The number of hydrogen-bond donors (Lipinski definition) is 2. The monoisotopic (exact) mass is 217 g/mol. The third-order valence-electron chi connectivity index (χ3n) is 1.58. The Kier molecular flexibility index (Phi) is 6.12. The Bertz CT molecular complexity index is 241. The summed E-state index contributed by atoms with van der Waals surface area (Å²) in [5, 5.41) is 16.1. The van der Waals surface area contributed by atoms with Crippen LogP contribution in [0.3, 0.4) is 0 Å². The first kappa shape index (κ1) is 13.4. The van der Waals surface area contributed by atoms with Gasteiger partial charge in [-0.3, -0.25) is 0 Å². The van der Waals surface area contributed by atoms with Crippen molar-refractivity contribution in [2.75, 3.05) is 19.7 Å². The molecule has 86 valence electrons. The number of aliphatic hydroxyl groups excluding tert-OH is 1. The van der Waals surface area contributed by atoms with Crippen molar-refractivity contribution < 1.29 is 24.5 Å². The number of rotatable bonds is 3. The molecule has 0 aromatic carbocycles. The molecule has 1 saturated heterocycles. The molecule has 6 nitrogen and oxygen atoms in total. The van der Waals surface area contributed by atoms with Gasteiger partial charge in [-0.05, 0) is 6.92 Å². The highest BCUT2D eigenvalue weighted by Crippen LogP contribution is 2.08. The SMILES string of the molecule is C=CC(=O)O.CC1CN(CCO)C(=O)O1. The number of amides is 1. The van der Waals surface area contributed by atoms with Gasteiger partial charge in [0.1, 0.15) is 6.10 Å². The number of carbonyl (C=O) groups excluding carboxylic acids is 1. The Morgan fingerprint density at radius 3 is 2.60 bits per heavy atom. The van der Waals surface area contributed by atoms with E-state index in [4.69, 9.17) is 14.9 Å². The van der Waals surface area contributed by atoms with Crippen LogP contribution in [0.5, 0.6) is 0 Å². The van der Waals surface area contributed by atoms with Crippen LogP contribution in [0, 0.1) is 0 Å². The Morgan fingerprint density at radius 2 is 2.33 bits per heavy atom. The van der Waals surface area contributed by atoms with Crippen LogP contribution >= 0.6 is 0 Å². The number of carbonyl (C=O) groups is 2. The van der Waals surface area contributed by atoms with Crippen LogP contribution < -0.4 is 0 Å². The van der Waals surface area contributed by atoms with Crippen molar-refractivity contribution in [3.05, 3.63) is 12.7 Å². The molecule has 1 aliphatic heterocycles. The molecule has 0 aliphatic carbocycles. The molecule has 0 aromatic heterocycles. The van der Waals surface area contributed by atoms with E-state index < -0.39 is 5.97 Å².